The lowest BCUT2D eigenvalue weighted by molar-refractivity contribution is -0.140. The van der Waals surface area contributed by atoms with Gasteiger partial charge in [-0.15, -0.1) is 0 Å². The number of rotatable bonds is 3. The van der Waals surface area contributed by atoms with Gasteiger partial charge in [-0.25, -0.2) is 15.0 Å². The molecule has 0 saturated carbocycles. The fraction of sp³-hybridized carbons (Fsp3) is 0.176. The Morgan fingerprint density at radius 3 is 2.13 bits per heavy atom. The Labute approximate surface area is 201 Å². The quantitative estimate of drug-likeness (QED) is 0.368. The van der Waals surface area contributed by atoms with E-state index in [0.717, 1.165) is 9.54 Å². The molecule has 0 radical (unpaired) electrons. The fourth-order valence-corrected chi connectivity index (χ4v) is 3.41. The van der Waals surface area contributed by atoms with E-state index in [9.17, 15) is 18.0 Å². The summed E-state index contributed by atoms with van der Waals surface area (Å²) >= 11 is 18.0. The topological polar surface area (TPSA) is 84.0 Å². The zero-order valence-electron chi connectivity index (χ0n) is 15.6. The molecule has 31 heavy (non-hydrogen) atoms. The van der Waals surface area contributed by atoms with Crippen LogP contribution in [0.2, 0.25) is 10.0 Å². The third kappa shape index (κ3) is 6.88. The average molecular weight is 606 g/mol. The van der Waals surface area contributed by atoms with Gasteiger partial charge in [0.2, 0.25) is 0 Å². The molecule has 0 spiro atoms. The maximum Gasteiger partial charge on any atom is 0.432 e. The summed E-state index contributed by atoms with van der Waals surface area (Å²) in [6, 6.07) is 3.13. The lowest BCUT2D eigenvalue weighted by Crippen LogP contribution is -2.26. The molecule has 14 heteroatoms. The largest absolute Gasteiger partial charge is 0.432 e. The first-order valence-electron chi connectivity index (χ1n) is 8.00. The molecule has 3 heterocycles. The highest BCUT2D eigenvalue weighted by atomic mass is 79.9. The number of hydroxylamine groups is 2. The van der Waals surface area contributed by atoms with Gasteiger partial charge >= 0.3 is 6.18 Å². The van der Waals surface area contributed by atoms with E-state index in [1.807, 2.05) is 0 Å². The molecule has 0 aliphatic rings. The molecular weight excluding hydrogens is 594 g/mol. The van der Waals surface area contributed by atoms with Gasteiger partial charge in [0, 0.05) is 28.4 Å². The summed E-state index contributed by atoms with van der Waals surface area (Å²) in [5.74, 6) is -0.403. The molecule has 0 atom stereocenters. The molecule has 1 N–H and O–H groups in total. The summed E-state index contributed by atoms with van der Waals surface area (Å²) in [6.07, 6.45) is -0.831. The Kier molecular flexibility index (Phi) is 8.83. The number of carbonyl (C=O) groups excluding carboxylic acids is 1. The number of amides is 1. The van der Waals surface area contributed by atoms with Crippen LogP contribution >= 0.6 is 55.1 Å². The Morgan fingerprint density at radius 1 is 1.06 bits per heavy atom. The Hall–Kier alpha value is -1.73. The summed E-state index contributed by atoms with van der Waals surface area (Å²) in [4.78, 5) is 29.8. The molecule has 3 aromatic rings. The van der Waals surface area contributed by atoms with E-state index >= 15 is 0 Å². The van der Waals surface area contributed by atoms with Gasteiger partial charge in [0.25, 0.3) is 5.91 Å². The van der Waals surface area contributed by atoms with Crippen LogP contribution in [0.5, 0.6) is 0 Å². The van der Waals surface area contributed by atoms with Crippen molar-refractivity contribution in [2.24, 2.45) is 0 Å². The van der Waals surface area contributed by atoms with E-state index in [1.165, 1.54) is 32.6 Å². The highest BCUT2D eigenvalue weighted by Crippen LogP contribution is 2.31. The molecule has 0 aromatic carbocycles. The monoisotopic (exact) mass is 603 g/mol. The summed E-state index contributed by atoms with van der Waals surface area (Å²) in [5, 5.41) is 1.55. The molecule has 3 aromatic heterocycles. The Balaban J connectivity index is 0.000000225. The second-order valence-corrected chi connectivity index (χ2v) is 8.24. The number of imidazole rings is 1. The first-order valence-corrected chi connectivity index (χ1v) is 10.3. The first-order chi connectivity index (χ1) is 14.4. The van der Waals surface area contributed by atoms with E-state index in [1.54, 1.807) is 6.07 Å². The van der Waals surface area contributed by atoms with Crippen molar-refractivity contribution in [2.75, 3.05) is 14.2 Å². The lowest BCUT2D eigenvalue weighted by atomic mass is 10.3. The number of halogens is 7. The summed E-state index contributed by atoms with van der Waals surface area (Å²) < 4.78 is 38.4. The number of pyridine rings is 2. The lowest BCUT2D eigenvalue weighted by Gasteiger charge is -2.13. The van der Waals surface area contributed by atoms with Crippen LogP contribution in [0.15, 0.2) is 39.7 Å². The third-order valence-electron chi connectivity index (χ3n) is 3.48. The number of hydrogen-bond donors (Lipinski definition) is 1. The van der Waals surface area contributed by atoms with Crippen LogP contribution in [0.1, 0.15) is 16.2 Å². The van der Waals surface area contributed by atoms with Crippen molar-refractivity contribution >= 4 is 61.0 Å². The molecule has 1 amide bonds. The van der Waals surface area contributed by atoms with Crippen LogP contribution in [0.4, 0.5) is 13.2 Å². The van der Waals surface area contributed by atoms with Gasteiger partial charge in [0.15, 0.2) is 5.82 Å². The highest BCUT2D eigenvalue weighted by Gasteiger charge is 2.33. The number of H-pyrrole nitrogens is 1. The molecule has 0 aliphatic heterocycles. The predicted molar refractivity (Wildman–Crippen MR) is 116 cm³/mol. The third-order valence-corrected chi connectivity index (χ3v) is 4.93. The number of hydrogen-bond acceptors (Lipinski definition) is 5. The van der Waals surface area contributed by atoms with Crippen molar-refractivity contribution in [3.63, 3.8) is 0 Å². The maximum absolute atomic E-state index is 12.3. The average Bonchev–Trinajstić information content (AvgIpc) is 3.18. The highest BCUT2D eigenvalue weighted by molar-refractivity contribution is 9.10. The van der Waals surface area contributed by atoms with Gasteiger partial charge in [-0.3, -0.25) is 14.6 Å². The van der Waals surface area contributed by atoms with Crippen LogP contribution in [0.3, 0.4) is 0 Å². The van der Waals surface area contributed by atoms with Crippen LogP contribution < -0.4 is 0 Å². The van der Waals surface area contributed by atoms with Gasteiger partial charge in [-0.1, -0.05) is 23.2 Å². The van der Waals surface area contributed by atoms with Crippen LogP contribution in [0, 0.1) is 0 Å². The standard InChI is InChI=1S/C9H4BrClF3N3.C8H8BrClN2O2/c10-4-1-5(11)7(15-2-4)8-16-3-6(17-8)9(12,13)14;1-12(14-2)8(13)7-6(10)3-5(9)4-11-7/h1-3H,(H,16,17);3-4H,1-2H3. The SMILES string of the molecule is CON(C)C(=O)c1ncc(Br)cc1Cl.FC(F)(F)c1cnc(-c2ncc(Br)cc2Cl)[nH]1. The number of nitrogens with zero attached hydrogens (tertiary/aromatic N) is 4. The number of carbonyl (C=O) groups is 1. The van der Waals surface area contributed by atoms with Gasteiger partial charge in [-0.2, -0.15) is 13.2 Å². The van der Waals surface area contributed by atoms with E-state index in [-0.39, 0.29) is 33.2 Å². The van der Waals surface area contributed by atoms with Crippen LogP contribution in [-0.4, -0.2) is 45.1 Å². The number of aromatic amines is 1. The summed E-state index contributed by atoms with van der Waals surface area (Å²) in [5.41, 5.74) is -0.599. The Bertz CT molecular complexity index is 1080. The minimum Gasteiger partial charge on any atom is -0.333 e. The zero-order chi connectivity index (χ0) is 23.3. The molecule has 0 saturated heterocycles. The molecule has 7 nitrogen and oxygen atoms in total. The normalized spacial score (nSPS) is 11.0. The molecule has 0 fully saturated rings. The van der Waals surface area contributed by atoms with Gasteiger partial charge in [0.05, 0.1) is 23.4 Å². The maximum atomic E-state index is 12.3. The van der Waals surface area contributed by atoms with E-state index in [0.29, 0.717) is 10.7 Å². The number of alkyl halides is 3. The van der Waals surface area contributed by atoms with Gasteiger partial charge < -0.3 is 4.98 Å². The minimum atomic E-state index is -4.47. The van der Waals surface area contributed by atoms with Crippen molar-refractivity contribution < 1.29 is 22.8 Å². The number of aromatic nitrogens is 4. The molecule has 0 unspecified atom stereocenters. The summed E-state index contributed by atoms with van der Waals surface area (Å²) in [7, 11) is 2.88. The molecule has 166 valence electrons. The van der Waals surface area contributed by atoms with E-state index < -0.39 is 11.9 Å². The van der Waals surface area contributed by atoms with Gasteiger partial charge in [0.1, 0.15) is 17.1 Å². The molecule has 0 aliphatic carbocycles. The molecule has 0 bridgehead atoms. The van der Waals surface area contributed by atoms with Gasteiger partial charge in [-0.05, 0) is 44.0 Å². The second-order valence-electron chi connectivity index (χ2n) is 5.60. The zero-order valence-corrected chi connectivity index (χ0v) is 20.3. The summed E-state index contributed by atoms with van der Waals surface area (Å²) in [6.45, 7) is 0. The van der Waals surface area contributed by atoms with Crippen molar-refractivity contribution in [3.8, 4) is 11.5 Å². The second kappa shape index (κ2) is 10.7. The minimum absolute atomic E-state index is 0.0187. The fourth-order valence-electron chi connectivity index (χ4n) is 1.98. The van der Waals surface area contributed by atoms with E-state index in [2.05, 4.69) is 51.8 Å². The van der Waals surface area contributed by atoms with Crippen molar-refractivity contribution in [2.45, 2.75) is 6.18 Å². The molecular formula is C17H12Br2Cl2F3N5O2. The predicted octanol–water partition coefficient (Wildman–Crippen LogP) is 6.04. The van der Waals surface area contributed by atoms with Crippen molar-refractivity contribution in [3.05, 3.63) is 61.1 Å². The van der Waals surface area contributed by atoms with Crippen molar-refractivity contribution in [1.82, 2.24) is 25.0 Å². The van der Waals surface area contributed by atoms with Crippen LogP contribution in [-0.2, 0) is 11.0 Å². The Morgan fingerprint density at radius 2 is 1.65 bits per heavy atom. The van der Waals surface area contributed by atoms with Crippen LogP contribution in [0.25, 0.3) is 11.5 Å². The first kappa shape index (κ1) is 25.5. The molecule has 3 rings (SSSR count). The van der Waals surface area contributed by atoms with Crippen molar-refractivity contribution in [1.29, 1.82) is 0 Å². The van der Waals surface area contributed by atoms with E-state index in [4.69, 9.17) is 28.0 Å². The smallest absolute Gasteiger partial charge is 0.333 e. The number of nitrogens with one attached hydrogen (secondary N) is 1.